The molecule has 0 unspecified atom stereocenters. The number of halogens is 1. The average Bonchev–Trinajstić information content (AvgIpc) is 2.53. The van der Waals surface area contributed by atoms with Crippen LogP contribution >= 0.6 is 0 Å². The molecule has 1 aromatic heterocycles. The van der Waals surface area contributed by atoms with Crippen LogP contribution in [0, 0.1) is 12.7 Å². The van der Waals surface area contributed by atoms with Crippen molar-refractivity contribution in [3.63, 3.8) is 0 Å². The maximum Gasteiger partial charge on any atom is 0.264 e. The van der Waals surface area contributed by atoms with Gasteiger partial charge in [0.25, 0.3) is 5.56 Å². The molecule has 0 saturated heterocycles. The van der Waals surface area contributed by atoms with Crippen LogP contribution in [-0.2, 0) is 6.42 Å². The highest BCUT2D eigenvalue weighted by atomic mass is 19.1. The number of hydrogen-bond donors (Lipinski definition) is 1. The number of ether oxygens (including phenoxy) is 1. The first kappa shape index (κ1) is 15.0. The molecular formula is C18H15FN2O2. The highest BCUT2D eigenvalue weighted by molar-refractivity contribution is 5.41. The van der Waals surface area contributed by atoms with Gasteiger partial charge in [-0.2, -0.15) is 5.10 Å². The Morgan fingerprint density at radius 2 is 2.00 bits per heavy atom. The summed E-state index contributed by atoms with van der Waals surface area (Å²) in [6.45, 7) is 1.93. The maximum atomic E-state index is 13.3. The molecule has 23 heavy (non-hydrogen) atoms. The van der Waals surface area contributed by atoms with Crippen molar-refractivity contribution in [3.05, 3.63) is 87.6 Å². The predicted molar refractivity (Wildman–Crippen MR) is 85.3 cm³/mol. The second-order valence-corrected chi connectivity index (χ2v) is 5.25. The molecule has 0 radical (unpaired) electrons. The summed E-state index contributed by atoms with van der Waals surface area (Å²) >= 11 is 0. The van der Waals surface area contributed by atoms with Gasteiger partial charge in [-0.3, -0.25) is 4.79 Å². The molecule has 0 aliphatic rings. The molecule has 0 aliphatic heterocycles. The summed E-state index contributed by atoms with van der Waals surface area (Å²) in [4.78, 5) is 11.0. The summed E-state index contributed by atoms with van der Waals surface area (Å²) in [6, 6.07) is 15.0. The monoisotopic (exact) mass is 310 g/mol. The fourth-order valence-corrected chi connectivity index (χ4v) is 2.20. The molecule has 0 fully saturated rings. The molecule has 0 spiro atoms. The molecule has 0 amide bonds. The number of aryl methyl sites for hydroxylation is 1. The highest BCUT2D eigenvalue weighted by Crippen LogP contribution is 2.27. The Bertz CT molecular complexity index is 870. The van der Waals surface area contributed by atoms with Crippen LogP contribution < -0.4 is 10.3 Å². The zero-order valence-electron chi connectivity index (χ0n) is 12.5. The van der Waals surface area contributed by atoms with E-state index in [4.69, 9.17) is 4.74 Å². The minimum atomic E-state index is -0.339. The van der Waals surface area contributed by atoms with Gasteiger partial charge in [-0.1, -0.05) is 18.2 Å². The lowest BCUT2D eigenvalue weighted by Crippen LogP contribution is -2.07. The van der Waals surface area contributed by atoms with Gasteiger partial charge < -0.3 is 4.74 Å². The number of H-pyrrole nitrogens is 1. The Morgan fingerprint density at radius 1 is 1.13 bits per heavy atom. The van der Waals surface area contributed by atoms with Crippen LogP contribution in [0.15, 0.2) is 59.4 Å². The summed E-state index contributed by atoms with van der Waals surface area (Å²) in [5, 5.41) is 6.41. The van der Waals surface area contributed by atoms with Gasteiger partial charge in [0.05, 0.1) is 5.69 Å². The van der Waals surface area contributed by atoms with E-state index in [9.17, 15) is 9.18 Å². The van der Waals surface area contributed by atoms with Crippen LogP contribution in [0.5, 0.6) is 11.5 Å². The van der Waals surface area contributed by atoms with Gasteiger partial charge in [0.1, 0.15) is 17.3 Å². The third-order valence-electron chi connectivity index (χ3n) is 3.40. The van der Waals surface area contributed by atoms with Gasteiger partial charge in [-0.05, 0) is 42.3 Å². The smallest absolute Gasteiger partial charge is 0.264 e. The highest BCUT2D eigenvalue weighted by Gasteiger charge is 2.06. The quantitative estimate of drug-likeness (QED) is 0.801. The Morgan fingerprint density at radius 3 is 2.74 bits per heavy atom. The second kappa shape index (κ2) is 6.44. The molecule has 116 valence electrons. The van der Waals surface area contributed by atoms with Gasteiger partial charge in [0, 0.05) is 18.6 Å². The molecule has 0 saturated carbocycles. The lowest BCUT2D eigenvalue weighted by atomic mass is 10.1. The Balaban J connectivity index is 1.84. The fourth-order valence-electron chi connectivity index (χ4n) is 2.20. The molecule has 2 aromatic carbocycles. The zero-order chi connectivity index (χ0) is 16.2. The number of nitrogens with one attached hydrogen (secondary N) is 1. The molecule has 0 bridgehead atoms. The van der Waals surface area contributed by atoms with Crippen LogP contribution in [0.1, 0.15) is 16.8 Å². The number of rotatable bonds is 4. The van der Waals surface area contributed by atoms with E-state index in [1.807, 2.05) is 25.1 Å². The molecule has 3 aromatic rings. The molecular weight excluding hydrogens is 295 g/mol. The Hall–Kier alpha value is -2.95. The van der Waals surface area contributed by atoms with Crippen molar-refractivity contribution in [1.82, 2.24) is 10.2 Å². The van der Waals surface area contributed by atoms with E-state index in [1.165, 1.54) is 18.2 Å². The van der Waals surface area contributed by atoms with Crippen molar-refractivity contribution >= 4 is 0 Å². The molecule has 1 N–H and O–H groups in total. The number of benzene rings is 2. The zero-order valence-corrected chi connectivity index (χ0v) is 12.5. The van der Waals surface area contributed by atoms with E-state index in [0.29, 0.717) is 17.9 Å². The Kier molecular flexibility index (Phi) is 4.19. The SMILES string of the molecule is Cc1ccc(Cc2ccc(=O)[nH]n2)cc1Oc1cccc(F)c1. The topological polar surface area (TPSA) is 55.0 Å². The maximum absolute atomic E-state index is 13.3. The standard InChI is InChI=1S/C18H15FN2O2/c1-12-5-6-13(9-15-7-8-18(22)21-20-15)10-17(12)23-16-4-2-3-14(19)11-16/h2-8,10-11H,9H2,1H3,(H,21,22). The van der Waals surface area contributed by atoms with E-state index in [0.717, 1.165) is 16.8 Å². The summed E-state index contributed by atoms with van der Waals surface area (Å²) < 4.78 is 19.0. The number of nitrogens with zero attached hydrogens (tertiary/aromatic N) is 1. The summed E-state index contributed by atoms with van der Waals surface area (Å²) in [7, 11) is 0. The lowest BCUT2D eigenvalue weighted by Gasteiger charge is -2.11. The van der Waals surface area contributed by atoms with Crippen molar-refractivity contribution in [2.45, 2.75) is 13.3 Å². The van der Waals surface area contributed by atoms with E-state index >= 15 is 0 Å². The van der Waals surface area contributed by atoms with Crippen molar-refractivity contribution in [1.29, 1.82) is 0 Å². The van der Waals surface area contributed by atoms with Crippen molar-refractivity contribution in [2.75, 3.05) is 0 Å². The summed E-state index contributed by atoms with van der Waals surface area (Å²) in [6.07, 6.45) is 0.566. The van der Waals surface area contributed by atoms with Gasteiger partial charge in [-0.25, -0.2) is 9.49 Å². The number of hydrogen-bond acceptors (Lipinski definition) is 3. The normalized spacial score (nSPS) is 10.5. The van der Waals surface area contributed by atoms with Crippen LogP contribution in [0.2, 0.25) is 0 Å². The third kappa shape index (κ3) is 3.83. The van der Waals surface area contributed by atoms with E-state index in [-0.39, 0.29) is 11.4 Å². The van der Waals surface area contributed by atoms with Crippen LogP contribution in [0.25, 0.3) is 0 Å². The molecule has 4 nitrogen and oxygen atoms in total. The van der Waals surface area contributed by atoms with Crippen molar-refractivity contribution in [2.24, 2.45) is 0 Å². The van der Waals surface area contributed by atoms with Gasteiger partial charge in [0.2, 0.25) is 0 Å². The lowest BCUT2D eigenvalue weighted by molar-refractivity contribution is 0.472. The first-order valence-electron chi connectivity index (χ1n) is 7.18. The van der Waals surface area contributed by atoms with Crippen LogP contribution in [0.4, 0.5) is 4.39 Å². The largest absolute Gasteiger partial charge is 0.457 e. The first-order valence-corrected chi connectivity index (χ1v) is 7.18. The third-order valence-corrected chi connectivity index (χ3v) is 3.40. The molecule has 0 aliphatic carbocycles. The predicted octanol–water partition coefficient (Wildman–Crippen LogP) is 3.60. The van der Waals surface area contributed by atoms with Gasteiger partial charge in [-0.15, -0.1) is 0 Å². The van der Waals surface area contributed by atoms with Crippen LogP contribution in [0.3, 0.4) is 0 Å². The molecule has 1 heterocycles. The van der Waals surface area contributed by atoms with Crippen molar-refractivity contribution < 1.29 is 9.13 Å². The number of aromatic nitrogens is 2. The van der Waals surface area contributed by atoms with E-state index in [1.54, 1.807) is 18.2 Å². The summed E-state index contributed by atoms with van der Waals surface area (Å²) in [5.74, 6) is 0.777. The van der Waals surface area contributed by atoms with E-state index < -0.39 is 0 Å². The average molecular weight is 310 g/mol. The minimum Gasteiger partial charge on any atom is -0.457 e. The number of aromatic amines is 1. The van der Waals surface area contributed by atoms with Gasteiger partial charge >= 0.3 is 0 Å². The molecule has 5 heteroatoms. The summed E-state index contributed by atoms with van der Waals surface area (Å²) in [5.41, 5.74) is 2.46. The molecule has 0 atom stereocenters. The fraction of sp³-hybridized carbons (Fsp3) is 0.111. The van der Waals surface area contributed by atoms with Crippen molar-refractivity contribution in [3.8, 4) is 11.5 Å². The second-order valence-electron chi connectivity index (χ2n) is 5.25. The minimum absolute atomic E-state index is 0.229. The molecule has 3 rings (SSSR count). The van der Waals surface area contributed by atoms with Crippen LogP contribution in [-0.4, -0.2) is 10.2 Å². The first-order chi connectivity index (χ1) is 11.1. The van der Waals surface area contributed by atoms with Gasteiger partial charge in [0.15, 0.2) is 0 Å². The van der Waals surface area contributed by atoms with E-state index in [2.05, 4.69) is 10.2 Å². The Labute approximate surface area is 132 Å².